The maximum absolute atomic E-state index is 8.54. The van der Waals surface area contributed by atoms with E-state index >= 15 is 0 Å². The normalized spacial score (nSPS) is 9.40. The van der Waals surface area contributed by atoms with Crippen molar-refractivity contribution >= 4 is 18.7 Å². The number of hydrogen-bond donors (Lipinski definition) is 2. The van der Waals surface area contributed by atoms with Gasteiger partial charge < -0.3 is 9.68 Å². The molecule has 1 aromatic heterocycles. The minimum absolute atomic E-state index is 0.488. The van der Waals surface area contributed by atoms with Gasteiger partial charge in [-0.25, -0.2) is 4.81 Å². The summed E-state index contributed by atoms with van der Waals surface area (Å²) in [6.45, 7) is 0. The van der Waals surface area contributed by atoms with Gasteiger partial charge in [0.05, 0.1) is 0 Å². The number of hydrogen-bond acceptors (Lipinski definition) is 5. The maximum atomic E-state index is 8.54. The van der Waals surface area contributed by atoms with Gasteiger partial charge in [-0.1, -0.05) is 0 Å². The smallest absolute Gasteiger partial charge is 0.503 e. The van der Waals surface area contributed by atoms with E-state index in [4.69, 9.17) is 10.3 Å². The second kappa shape index (κ2) is 3.57. The SMILES string of the molecule is OOB(O)Oc1cccs1. The molecule has 54 valence electrons. The maximum Gasteiger partial charge on any atom is 0.739 e. The summed E-state index contributed by atoms with van der Waals surface area (Å²) in [5.41, 5.74) is 0. The van der Waals surface area contributed by atoms with Crippen molar-refractivity contribution in [3.63, 3.8) is 0 Å². The molecule has 1 aromatic rings. The van der Waals surface area contributed by atoms with E-state index in [2.05, 4.69) is 9.46 Å². The van der Waals surface area contributed by atoms with Gasteiger partial charge in [-0.2, -0.15) is 0 Å². The van der Waals surface area contributed by atoms with Crippen LogP contribution < -0.4 is 4.65 Å². The summed E-state index contributed by atoms with van der Waals surface area (Å²) in [5.74, 6) is 0. The van der Waals surface area contributed by atoms with E-state index in [1.807, 2.05) is 0 Å². The summed E-state index contributed by atoms with van der Waals surface area (Å²) in [4.78, 5) is 3.46. The lowest BCUT2D eigenvalue weighted by molar-refractivity contribution is -0.170. The van der Waals surface area contributed by atoms with Gasteiger partial charge in [-0.05, 0) is 17.5 Å². The van der Waals surface area contributed by atoms with Crippen molar-refractivity contribution in [1.29, 1.82) is 0 Å². The zero-order valence-corrected chi connectivity index (χ0v) is 5.75. The summed E-state index contributed by atoms with van der Waals surface area (Å²) in [5, 5.41) is 18.7. The zero-order valence-electron chi connectivity index (χ0n) is 4.93. The van der Waals surface area contributed by atoms with Crippen LogP contribution in [0.2, 0.25) is 0 Å². The summed E-state index contributed by atoms with van der Waals surface area (Å²) in [6, 6.07) is 3.40. The standard InChI is InChI=1S/C4H5BO4S/c6-5(9-7)8-4-2-1-3-10-4/h1-3,6-7H. The molecule has 0 aromatic carbocycles. The molecule has 10 heavy (non-hydrogen) atoms. The molecule has 4 nitrogen and oxygen atoms in total. The Labute approximate surface area is 61.7 Å². The van der Waals surface area contributed by atoms with Gasteiger partial charge in [0.1, 0.15) is 0 Å². The molecule has 0 atom stereocenters. The van der Waals surface area contributed by atoms with Gasteiger partial charge in [-0.3, -0.25) is 5.26 Å². The van der Waals surface area contributed by atoms with E-state index in [1.165, 1.54) is 11.3 Å². The van der Waals surface area contributed by atoms with Crippen molar-refractivity contribution in [3.8, 4) is 5.06 Å². The first-order chi connectivity index (χ1) is 4.83. The van der Waals surface area contributed by atoms with E-state index in [-0.39, 0.29) is 0 Å². The minimum Gasteiger partial charge on any atom is -0.503 e. The molecular formula is C4H5BO4S. The summed E-state index contributed by atoms with van der Waals surface area (Å²) in [6.07, 6.45) is 0. The van der Waals surface area contributed by atoms with Crippen molar-refractivity contribution in [2.75, 3.05) is 0 Å². The van der Waals surface area contributed by atoms with E-state index < -0.39 is 7.32 Å². The first kappa shape index (κ1) is 7.55. The topological polar surface area (TPSA) is 58.9 Å². The van der Waals surface area contributed by atoms with Gasteiger partial charge in [-0.15, -0.1) is 11.3 Å². The molecule has 2 N–H and O–H groups in total. The molecule has 1 rings (SSSR count). The minimum atomic E-state index is -1.60. The molecule has 0 radical (unpaired) electrons. The van der Waals surface area contributed by atoms with Gasteiger partial charge >= 0.3 is 7.32 Å². The summed E-state index contributed by atoms with van der Waals surface area (Å²) < 4.78 is 4.61. The fourth-order valence-corrected chi connectivity index (χ4v) is 1.04. The first-order valence-corrected chi connectivity index (χ1v) is 3.39. The van der Waals surface area contributed by atoms with Gasteiger partial charge in [0.15, 0.2) is 5.06 Å². The third-order valence-corrected chi connectivity index (χ3v) is 1.56. The Morgan fingerprint density at radius 2 is 2.40 bits per heavy atom. The van der Waals surface area contributed by atoms with Crippen molar-refractivity contribution in [1.82, 2.24) is 0 Å². The lowest BCUT2D eigenvalue weighted by atomic mass is 10.3. The van der Waals surface area contributed by atoms with E-state index in [1.54, 1.807) is 17.5 Å². The molecule has 0 amide bonds. The second-order valence-electron chi connectivity index (χ2n) is 1.46. The van der Waals surface area contributed by atoms with Gasteiger partial charge in [0.25, 0.3) is 0 Å². The van der Waals surface area contributed by atoms with Crippen molar-refractivity contribution in [2.24, 2.45) is 0 Å². The van der Waals surface area contributed by atoms with E-state index in [0.717, 1.165) is 0 Å². The first-order valence-electron chi connectivity index (χ1n) is 2.51. The predicted molar refractivity (Wildman–Crippen MR) is 36.6 cm³/mol. The van der Waals surface area contributed by atoms with Crippen LogP contribution in [0.3, 0.4) is 0 Å². The highest BCUT2D eigenvalue weighted by atomic mass is 32.1. The molecule has 0 saturated heterocycles. The Bertz CT molecular complexity index is 177. The molecule has 0 fully saturated rings. The predicted octanol–water partition coefficient (Wildman–Crippen LogP) is 0.594. The summed E-state index contributed by atoms with van der Waals surface area (Å²) >= 11 is 1.29. The van der Waals surface area contributed by atoms with Crippen molar-refractivity contribution in [2.45, 2.75) is 0 Å². The average Bonchev–Trinajstić information content (AvgIpc) is 2.40. The van der Waals surface area contributed by atoms with Gasteiger partial charge in [0.2, 0.25) is 0 Å². The largest absolute Gasteiger partial charge is 0.739 e. The molecule has 6 heteroatoms. The van der Waals surface area contributed by atoms with Crippen LogP contribution in [0.25, 0.3) is 0 Å². The molecule has 0 aliphatic heterocycles. The van der Waals surface area contributed by atoms with Gasteiger partial charge in [0, 0.05) is 0 Å². The monoisotopic (exact) mass is 160 g/mol. The van der Waals surface area contributed by atoms with Crippen LogP contribution in [0.15, 0.2) is 17.5 Å². The highest BCUT2D eigenvalue weighted by Crippen LogP contribution is 2.18. The Balaban J connectivity index is 2.40. The highest BCUT2D eigenvalue weighted by Gasteiger charge is 2.17. The lowest BCUT2D eigenvalue weighted by Gasteiger charge is -2.00. The Hall–Kier alpha value is -0.555. The third-order valence-electron chi connectivity index (χ3n) is 0.802. The van der Waals surface area contributed by atoms with Crippen molar-refractivity contribution < 1.29 is 19.7 Å². The average molecular weight is 160 g/mol. The Kier molecular flexibility index (Phi) is 2.70. The molecule has 1 heterocycles. The molecule has 0 spiro atoms. The zero-order chi connectivity index (χ0) is 7.40. The van der Waals surface area contributed by atoms with Crippen LogP contribution in [0, 0.1) is 0 Å². The Morgan fingerprint density at radius 1 is 1.60 bits per heavy atom. The van der Waals surface area contributed by atoms with Crippen LogP contribution in [-0.2, 0) is 4.81 Å². The van der Waals surface area contributed by atoms with E-state index in [0.29, 0.717) is 5.06 Å². The van der Waals surface area contributed by atoms with E-state index in [9.17, 15) is 0 Å². The molecule has 0 aliphatic rings. The molecule has 0 unspecified atom stereocenters. The van der Waals surface area contributed by atoms with Crippen LogP contribution in [0.1, 0.15) is 0 Å². The van der Waals surface area contributed by atoms with Crippen molar-refractivity contribution in [3.05, 3.63) is 17.5 Å². The molecular weight excluding hydrogens is 155 g/mol. The number of rotatable bonds is 3. The fraction of sp³-hybridized carbons (Fsp3) is 0. The highest BCUT2D eigenvalue weighted by molar-refractivity contribution is 7.12. The quantitative estimate of drug-likeness (QED) is 0.386. The van der Waals surface area contributed by atoms with Crippen LogP contribution in [0.5, 0.6) is 5.06 Å². The third kappa shape index (κ3) is 2.00. The molecule has 0 aliphatic carbocycles. The summed E-state index contributed by atoms with van der Waals surface area (Å²) in [7, 11) is -1.60. The molecule has 0 saturated carbocycles. The Morgan fingerprint density at radius 3 is 2.90 bits per heavy atom. The van der Waals surface area contributed by atoms with Crippen LogP contribution in [0.4, 0.5) is 0 Å². The molecule has 0 bridgehead atoms. The lowest BCUT2D eigenvalue weighted by Crippen LogP contribution is -2.23. The fourth-order valence-electron chi connectivity index (χ4n) is 0.451. The van der Waals surface area contributed by atoms with Crippen LogP contribution >= 0.6 is 11.3 Å². The number of thiophene rings is 1. The second-order valence-corrected chi connectivity index (χ2v) is 2.37. The van der Waals surface area contributed by atoms with Crippen LogP contribution in [-0.4, -0.2) is 17.6 Å².